The second kappa shape index (κ2) is 7.91. The van der Waals surface area contributed by atoms with Gasteiger partial charge in [-0.15, -0.1) is 11.3 Å². The number of carbonyl (C=O) groups is 2. The molecule has 0 aliphatic rings. The van der Waals surface area contributed by atoms with Crippen LogP contribution in [0.4, 0.5) is 0 Å². The minimum Gasteiger partial charge on any atom is -0.462 e. The van der Waals surface area contributed by atoms with Gasteiger partial charge in [0.15, 0.2) is 5.78 Å². The van der Waals surface area contributed by atoms with Gasteiger partial charge in [0.1, 0.15) is 9.71 Å². The van der Waals surface area contributed by atoms with Crippen molar-refractivity contribution in [1.82, 2.24) is 9.55 Å². The highest BCUT2D eigenvalue weighted by Crippen LogP contribution is 2.27. The second-order valence-electron chi connectivity index (χ2n) is 7.17. The monoisotopic (exact) mass is 412 g/mol. The van der Waals surface area contributed by atoms with Crippen LogP contribution in [0.1, 0.15) is 54.8 Å². The van der Waals surface area contributed by atoms with Crippen molar-refractivity contribution in [2.24, 2.45) is 0 Å². The maximum atomic E-state index is 13.0. The summed E-state index contributed by atoms with van der Waals surface area (Å²) in [6, 6.07) is 1.88. The molecule has 0 spiro atoms. The van der Waals surface area contributed by atoms with E-state index in [4.69, 9.17) is 4.74 Å². The smallest absolute Gasteiger partial charge is 0.348 e. The first-order chi connectivity index (χ1) is 13.7. The first-order valence-corrected chi connectivity index (χ1v) is 10.2. The van der Waals surface area contributed by atoms with Gasteiger partial charge in [-0.3, -0.25) is 14.2 Å². The largest absolute Gasteiger partial charge is 0.462 e. The summed E-state index contributed by atoms with van der Waals surface area (Å²) in [7, 11) is 0. The maximum absolute atomic E-state index is 13.0. The molecule has 0 radical (unpaired) electrons. The summed E-state index contributed by atoms with van der Waals surface area (Å²) in [5.74, 6) is -0.605. The predicted molar refractivity (Wildman–Crippen MR) is 114 cm³/mol. The Kier molecular flexibility index (Phi) is 5.71. The normalized spacial score (nSPS) is 11.1. The van der Waals surface area contributed by atoms with Gasteiger partial charge >= 0.3 is 5.97 Å². The summed E-state index contributed by atoms with van der Waals surface area (Å²) >= 11 is 1.13. The Hall–Kier alpha value is -2.80. The van der Waals surface area contributed by atoms with Gasteiger partial charge in [0.25, 0.3) is 5.56 Å². The van der Waals surface area contributed by atoms with E-state index in [-0.39, 0.29) is 24.5 Å². The molecule has 0 unspecified atom stereocenters. The summed E-state index contributed by atoms with van der Waals surface area (Å²) in [6.45, 7) is 11.5. The van der Waals surface area contributed by atoms with Crippen LogP contribution in [0.3, 0.4) is 0 Å². The molecule has 3 aromatic rings. The number of Topliss-reactive ketones (excluding diaryl/α,β-unsaturated/α-hetero) is 1. The molecule has 29 heavy (non-hydrogen) atoms. The maximum Gasteiger partial charge on any atom is 0.348 e. The van der Waals surface area contributed by atoms with E-state index in [1.165, 1.54) is 16.5 Å². The van der Waals surface area contributed by atoms with E-state index in [2.05, 4.69) is 4.98 Å². The van der Waals surface area contributed by atoms with Crippen molar-refractivity contribution in [3.63, 3.8) is 0 Å². The molecular weight excluding hydrogens is 388 g/mol. The van der Waals surface area contributed by atoms with Crippen LogP contribution in [0, 0.1) is 34.6 Å². The number of thiophene rings is 1. The van der Waals surface area contributed by atoms with E-state index in [0.29, 0.717) is 26.2 Å². The van der Waals surface area contributed by atoms with Gasteiger partial charge in [-0.25, -0.2) is 9.78 Å². The Labute approximate surface area is 173 Å². The zero-order valence-electron chi connectivity index (χ0n) is 17.5. The van der Waals surface area contributed by atoms with Crippen LogP contribution in [-0.4, -0.2) is 27.9 Å². The predicted octanol–water partition coefficient (Wildman–Crippen LogP) is 4.06. The minimum atomic E-state index is -0.462. The van der Waals surface area contributed by atoms with Gasteiger partial charge in [0, 0.05) is 5.56 Å². The third kappa shape index (κ3) is 3.62. The number of ketones is 1. The van der Waals surface area contributed by atoms with Gasteiger partial charge in [-0.2, -0.15) is 0 Å². The quantitative estimate of drug-likeness (QED) is 0.466. The summed E-state index contributed by atoms with van der Waals surface area (Å²) in [4.78, 5) is 43.2. The van der Waals surface area contributed by atoms with Crippen LogP contribution in [0.2, 0.25) is 0 Å². The molecule has 7 heteroatoms. The number of hydrogen-bond donors (Lipinski definition) is 0. The van der Waals surface area contributed by atoms with Gasteiger partial charge in [-0.1, -0.05) is 0 Å². The van der Waals surface area contributed by atoms with E-state index in [9.17, 15) is 14.4 Å². The molecule has 0 saturated heterocycles. The van der Waals surface area contributed by atoms with E-state index >= 15 is 0 Å². The average Bonchev–Trinajstić information content (AvgIpc) is 3.02. The number of nitrogens with zero attached hydrogens (tertiary/aromatic N) is 2. The fraction of sp³-hybridized carbons (Fsp3) is 0.364. The number of benzene rings is 1. The molecule has 0 amide bonds. The topological polar surface area (TPSA) is 78.3 Å². The summed E-state index contributed by atoms with van der Waals surface area (Å²) in [5, 5.41) is 0.362. The fourth-order valence-corrected chi connectivity index (χ4v) is 4.44. The zero-order chi connectivity index (χ0) is 21.5. The number of aromatic nitrogens is 2. The van der Waals surface area contributed by atoms with Gasteiger partial charge in [0.05, 0.1) is 24.9 Å². The first-order valence-electron chi connectivity index (χ1n) is 9.43. The molecule has 0 fully saturated rings. The molecule has 0 saturated carbocycles. The first kappa shape index (κ1) is 20.9. The molecule has 0 bridgehead atoms. The van der Waals surface area contributed by atoms with Crippen LogP contribution in [-0.2, 0) is 11.3 Å². The Morgan fingerprint density at radius 1 is 1.07 bits per heavy atom. The number of fused-ring (bicyclic) bond motifs is 1. The average molecular weight is 413 g/mol. The number of aryl methyl sites for hydroxylation is 2. The van der Waals surface area contributed by atoms with Crippen LogP contribution < -0.4 is 5.56 Å². The highest BCUT2D eigenvalue weighted by molar-refractivity contribution is 7.20. The minimum absolute atomic E-state index is 0.103. The van der Waals surface area contributed by atoms with E-state index in [1.807, 2.05) is 33.8 Å². The second-order valence-corrected chi connectivity index (χ2v) is 8.17. The third-order valence-electron chi connectivity index (χ3n) is 5.47. The van der Waals surface area contributed by atoms with Crippen LogP contribution in [0.25, 0.3) is 10.2 Å². The van der Waals surface area contributed by atoms with Gasteiger partial charge in [-0.05, 0) is 75.4 Å². The molecule has 152 valence electrons. The Morgan fingerprint density at radius 3 is 2.41 bits per heavy atom. The van der Waals surface area contributed by atoms with Crippen LogP contribution in [0.15, 0.2) is 17.2 Å². The van der Waals surface area contributed by atoms with E-state index in [1.54, 1.807) is 13.8 Å². The number of ether oxygens (including phenoxy) is 1. The molecular formula is C22H24N2O4S. The Bertz CT molecular complexity index is 1200. The molecule has 0 aliphatic carbocycles. The van der Waals surface area contributed by atoms with Crippen molar-refractivity contribution in [3.8, 4) is 0 Å². The lowest BCUT2D eigenvalue weighted by Crippen LogP contribution is -2.25. The van der Waals surface area contributed by atoms with Crippen molar-refractivity contribution in [2.45, 2.75) is 48.1 Å². The third-order valence-corrected chi connectivity index (χ3v) is 6.65. The van der Waals surface area contributed by atoms with Crippen molar-refractivity contribution in [2.75, 3.05) is 6.61 Å². The molecule has 1 aromatic carbocycles. The molecule has 3 rings (SSSR count). The lowest BCUT2D eigenvalue weighted by molar-refractivity contribution is 0.0531. The number of carbonyl (C=O) groups excluding carboxylic acids is 2. The molecule has 0 aliphatic heterocycles. The Balaban J connectivity index is 2.03. The van der Waals surface area contributed by atoms with E-state index < -0.39 is 5.97 Å². The van der Waals surface area contributed by atoms with Crippen molar-refractivity contribution in [3.05, 3.63) is 61.0 Å². The van der Waals surface area contributed by atoms with Crippen LogP contribution in [0.5, 0.6) is 0 Å². The number of hydrogen-bond acceptors (Lipinski definition) is 6. The SMILES string of the molecule is CCOC(=O)c1sc2ncn(CC(=O)c3cc(C)c(C)c(C)c3C)c(=O)c2c1C. The van der Waals surface area contributed by atoms with Gasteiger partial charge < -0.3 is 4.74 Å². The standard InChI is InChI=1S/C22H24N2O4S/c1-7-28-22(27)19-15(6)18-20(29-19)23-10-24(21(18)26)9-17(25)16-8-11(2)12(3)13(4)14(16)5/h8,10H,7,9H2,1-6H3. The van der Waals surface area contributed by atoms with Crippen molar-refractivity contribution < 1.29 is 14.3 Å². The summed E-state index contributed by atoms with van der Waals surface area (Å²) in [5.41, 5.74) is 5.06. The van der Waals surface area contributed by atoms with Crippen LogP contribution >= 0.6 is 11.3 Å². The summed E-state index contributed by atoms with van der Waals surface area (Å²) in [6.07, 6.45) is 1.37. The highest BCUT2D eigenvalue weighted by atomic mass is 32.1. The number of rotatable bonds is 5. The molecule has 0 atom stereocenters. The summed E-state index contributed by atoms with van der Waals surface area (Å²) < 4.78 is 6.37. The highest BCUT2D eigenvalue weighted by Gasteiger charge is 2.21. The lowest BCUT2D eigenvalue weighted by Gasteiger charge is -2.14. The van der Waals surface area contributed by atoms with Crippen molar-refractivity contribution >= 4 is 33.3 Å². The zero-order valence-corrected chi connectivity index (χ0v) is 18.3. The molecule has 6 nitrogen and oxygen atoms in total. The Morgan fingerprint density at radius 2 is 1.76 bits per heavy atom. The molecule has 2 aromatic heterocycles. The van der Waals surface area contributed by atoms with Crippen molar-refractivity contribution in [1.29, 1.82) is 0 Å². The van der Waals surface area contributed by atoms with E-state index in [0.717, 1.165) is 28.0 Å². The lowest BCUT2D eigenvalue weighted by atomic mass is 9.92. The fourth-order valence-electron chi connectivity index (χ4n) is 3.40. The molecule has 2 heterocycles. The number of esters is 1. The van der Waals surface area contributed by atoms with Gasteiger partial charge in [0.2, 0.25) is 0 Å². The molecule has 0 N–H and O–H groups in total.